The molecular formula is C31H38N2O6S. The highest BCUT2D eigenvalue weighted by Gasteiger charge is 2.39. The highest BCUT2D eigenvalue weighted by Crippen LogP contribution is 2.41. The van der Waals surface area contributed by atoms with Crippen LogP contribution in [0.15, 0.2) is 46.9 Å². The Bertz CT molecular complexity index is 1670. The molecule has 4 aromatic rings. The lowest BCUT2D eigenvalue weighted by Crippen LogP contribution is -2.46. The number of nitrogens with zero attached hydrogens (tertiary/aromatic N) is 1. The standard InChI is InChI=1S/C31H38N2O6S/c1-18-12-13-25(37-17-20-15-30(3,4)39-31(5,6)16-20)26-22(29(34)33-40(7,35)36)14-23(32-27(18)26)28-19(2)21-10-8-9-11-24(21)38-28/h8-14,20,29,33-34H,15-17H2,1-7H3. The van der Waals surface area contributed by atoms with E-state index < -0.39 is 16.3 Å². The van der Waals surface area contributed by atoms with Crippen LogP contribution >= 0.6 is 0 Å². The number of para-hydroxylation sites is 1. The molecule has 0 saturated carbocycles. The second-order valence-electron chi connectivity index (χ2n) is 12.3. The van der Waals surface area contributed by atoms with Gasteiger partial charge in [0.25, 0.3) is 0 Å². The molecule has 5 rings (SSSR count). The van der Waals surface area contributed by atoms with Crippen molar-refractivity contribution in [2.75, 3.05) is 12.9 Å². The van der Waals surface area contributed by atoms with Gasteiger partial charge in [-0.3, -0.25) is 0 Å². The number of aliphatic hydroxyl groups excluding tert-OH is 1. The van der Waals surface area contributed by atoms with Crippen LogP contribution in [0.1, 0.15) is 63.5 Å². The highest BCUT2D eigenvalue weighted by atomic mass is 32.2. The molecule has 8 nitrogen and oxygen atoms in total. The number of benzene rings is 2. The quantitative estimate of drug-likeness (QED) is 0.258. The van der Waals surface area contributed by atoms with Gasteiger partial charge >= 0.3 is 0 Å². The summed E-state index contributed by atoms with van der Waals surface area (Å²) < 4.78 is 45.4. The van der Waals surface area contributed by atoms with Crippen molar-refractivity contribution in [3.8, 4) is 17.2 Å². The third kappa shape index (κ3) is 5.88. The Labute approximate surface area is 235 Å². The van der Waals surface area contributed by atoms with Crippen molar-refractivity contribution in [3.05, 3.63) is 59.2 Å². The van der Waals surface area contributed by atoms with E-state index >= 15 is 0 Å². The van der Waals surface area contributed by atoms with Gasteiger partial charge in [-0.05, 0) is 84.1 Å². The van der Waals surface area contributed by atoms with Crippen LogP contribution in [0.4, 0.5) is 0 Å². The van der Waals surface area contributed by atoms with Crippen LogP contribution in [-0.4, -0.2) is 42.6 Å². The third-order valence-corrected chi connectivity index (χ3v) is 8.09. The highest BCUT2D eigenvalue weighted by molar-refractivity contribution is 7.88. The predicted molar refractivity (Wildman–Crippen MR) is 157 cm³/mol. The molecule has 2 aromatic heterocycles. The smallest absolute Gasteiger partial charge is 0.211 e. The molecule has 1 saturated heterocycles. The number of hydrogen-bond acceptors (Lipinski definition) is 7. The number of furan rings is 1. The molecule has 0 amide bonds. The molecular weight excluding hydrogens is 528 g/mol. The van der Waals surface area contributed by atoms with Crippen molar-refractivity contribution in [2.45, 2.75) is 71.8 Å². The van der Waals surface area contributed by atoms with Crippen molar-refractivity contribution >= 4 is 31.9 Å². The number of aliphatic hydroxyl groups is 1. The number of hydrogen-bond donors (Lipinski definition) is 2. The lowest BCUT2D eigenvalue weighted by Gasteiger charge is -2.45. The minimum Gasteiger partial charge on any atom is -0.493 e. The summed E-state index contributed by atoms with van der Waals surface area (Å²) in [5.74, 6) is 1.35. The third-order valence-electron chi connectivity index (χ3n) is 7.44. The summed E-state index contributed by atoms with van der Waals surface area (Å²) in [5, 5.41) is 12.7. The number of sulfonamides is 1. The Morgan fingerprint density at radius 3 is 2.42 bits per heavy atom. The van der Waals surface area contributed by atoms with Gasteiger partial charge in [-0.15, -0.1) is 0 Å². The Hall–Kier alpha value is -2.98. The van der Waals surface area contributed by atoms with Crippen molar-refractivity contribution in [1.29, 1.82) is 0 Å². The average Bonchev–Trinajstić information content (AvgIpc) is 3.17. The summed E-state index contributed by atoms with van der Waals surface area (Å²) in [6, 6.07) is 13.2. The SMILES string of the molecule is Cc1c(-c2cc(C(O)NS(C)(=O)=O)c3c(OCC4CC(C)(C)OC(C)(C)C4)ccc(C)c3n2)oc2ccccc12. The number of pyridine rings is 1. The molecule has 40 heavy (non-hydrogen) atoms. The van der Waals surface area contributed by atoms with E-state index in [2.05, 4.69) is 32.4 Å². The maximum absolute atomic E-state index is 12.1. The van der Waals surface area contributed by atoms with Crippen LogP contribution < -0.4 is 9.46 Å². The van der Waals surface area contributed by atoms with Crippen LogP contribution in [-0.2, 0) is 14.8 Å². The first kappa shape index (κ1) is 28.5. The second-order valence-corrected chi connectivity index (χ2v) is 14.0. The molecule has 1 atom stereocenters. The van der Waals surface area contributed by atoms with E-state index in [1.54, 1.807) is 6.07 Å². The molecule has 1 aliphatic rings. The summed E-state index contributed by atoms with van der Waals surface area (Å²) in [6.45, 7) is 12.7. The number of ether oxygens (including phenoxy) is 2. The van der Waals surface area contributed by atoms with Gasteiger partial charge < -0.3 is 19.0 Å². The lowest BCUT2D eigenvalue weighted by molar-refractivity contribution is -0.175. The first-order valence-corrected chi connectivity index (χ1v) is 15.4. The zero-order valence-corrected chi connectivity index (χ0v) is 25.0. The molecule has 2 N–H and O–H groups in total. The lowest BCUT2D eigenvalue weighted by atomic mass is 9.81. The Morgan fingerprint density at radius 1 is 1.10 bits per heavy atom. The maximum atomic E-state index is 12.1. The number of nitrogens with one attached hydrogen (secondary N) is 1. The normalized spacial score (nSPS) is 18.3. The number of rotatable bonds is 7. The first-order chi connectivity index (χ1) is 18.6. The fourth-order valence-electron chi connectivity index (χ4n) is 6.23. The number of aromatic nitrogens is 1. The minimum atomic E-state index is -3.72. The summed E-state index contributed by atoms with van der Waals surface area (Å²) >= 11 is 0. The topological polar surface area (TPSA) is 111 Å². The van der Waals surface area contributed by atoms with Gasteiger partial charge in [-0.25, -0.2) is 13.4 Å². The van der Waals surface area contributed by atoms with Crippen LogP contribution in [0.25, 0.3) is 33.3 Å². The van der Waals surface area contributed by atoms with E-state index in [1.165, 1.54) is 0 Å². The first-order valence-electron chi connectivity index (χ1n) is 13.5. The van der Waals surface area contributed by atoms with Crippen LogP contribution in [0, 0.1) is 19.8 Å². The van der Waals surface area contributed by atoms with E-state index in [1.807, 2.05) is 50.2 Å². The molecule has 0 spiro atoms. The molecule has 0 radical (unpaired) electrons. The van der Waals surface area contributed by atoms with E-state index in [4.69, 9.17) is 18.9 Å². The van der Waals surface area contributed by atoms with E-state index in [0.29, 0.717) is 40.3 Å². The molecule has 214 valence electrons. The van der Waals surface area contributed by atoms with Gasteiger partial charge in [0, 0.05) is 21.9 Å². The van der Waals surface area contributed by atoms with E-state index in [9.17, 15) is 13.5 Å². The van der Waals surface area contributed by atoms with Crippen LogP contribution in [0.5, 0.6) is 5.75 Å². The molecule has 3 heterocycles. The van der Waals surface area contributed by atoms with E-state index in [0.717, 1.165) is 41.2 Å². The van der Waals surface area contributed by atoms with Gasteiger partial charge in [0.1, 0.15) is 23.3 Å². The van der Waals surface area contributed by atoms with E-state index in [-0.39, 0.29) is 17.1 Å². The summed E-state index contributed by atoms with van der Waals surface area (Å²) in [4.78, 5) is 4.96. The fourth-order valence-corrected chi connectivity index (χ4v) is 6.76. The molecule has 9 heteroatoms. The number of fused-ring (bicyclic) bond motifs is 2. The average molecular weight is 567 g/mol. The Morgan fingerprint density at radius 2 is 1.77 bits per heavy atom. The summed E-state index contributed by atoms with van der Waals surface area (Å²) in [6.07, 6.45) is 1.19. The minimum absolute atomic E-state index is 0.253. The Balaban J connectivity index is 1.63. The second kappa shape index (κ2) is 10.1. The monoisotopic (exact) mass is 566 g/mol. The molecule has 1 aliphatic heterocycles. The van der Waals surface area contributed by atoms with Crippen molar-refractivity contribution in [1.82, 2.24) is 9.71 Å². The molecule has 0 bridgehead atoms. The largest absolute Gasteiger partial charge is 0.493 e. The van der Waals surface area contributed by atoms with Crippen molar-refractivity contribution < 1.29 is 27.4 Å². The molecule has 1 fully saturated rings. The number of aryl methyl sites for hydroxylation is 2. The van der Waals surface area contributed by atoms with Gasteiger partial charge in [0.2, 0.25) is 10.0 Å². The molecule has 1 unspecified atom stereocenters. The molecule has 0 aliphatic carbocycles. The van der Waals surface area contributed by atoms with Gasteiger partial charge in [-0.2, -0.15) is 4.72 Å². The molecule has 2 aromatic carbocycles. The predicted octanol–water partition coefficient (Wildman–Crippen LogP) is 6.17. The maximum Gasteiger partial charge on any atom is 0.211 e. The summed E-state index contributed by atoms with van der Waals surface area (Å²) in [5.41, 5.74) is 3.40. The zero-order valence-electron chi connectivity index (χ0n) is 24.2. The summed E-state index contributed by atoms with van der Waals surface area (Å²) in [7, 11) is -3.72. The zero-order chi connectivity index (χ0) is 29.0. The fraction of sp³-hybridized carbons (Fsp3) is 0.452. The van der Waals surface area contributed by atoms with Gasteiger partial charge in [-0.1, -0.05) is 24.3 Å². The van der Waals surface area contributed by atoms with Crippen molar-refractivity contribution in [3.63, 3.8) is 0 Å². The van der Waals surface area contributed by atoms with Crippen LogP contribution in [0.2, 0.25) is 0 Å². The van der Waals surface area contributed by atoms with Gasteiger partial charge in [0.15, 0.2) is 5.76 Å². The van der Waals surface area contributed by atoms with Crippen LogP contribution in [0.3, 0.4) is 0 Å². The van der Waals surface area contributed by atoms with Crippen molar-refractivity contribution in [2.24, 2.45) is 5.92 Å². The Kier molecular flexibility index (Phi) is 7.23. The van der Waals surface area contributed by atoms with Gasteiger partial charge in [0.05, 0.1) is 29.6 Å².